The van der Waals surface area contributed by atoms with Gasteiger partial charge < -0.3 is 14.8 Å². The van der Waals surface area contributed by atoms with Crippen molar-refractivity contribution in [2.24, 2.45) is 7.05 Å². The first-order valence-corrected chi connectivity index (χ1v) is 6.13. The van der Waals surface area contributed by atoms with Gasteiger partial charge in [0.2, 0.25) is 0 Å². The van der Waals surface area contributed by atoms with Crippen LogP contribution in [0.5, 0.6) is 0 Å². The van der Waals surface area contributed by atoms with Crippen LogP contribution in [0.4, 0.5) is 0 Å². The second kappa shape index (κ2) is 5.84. The van der Waals surface area contributed by atoms with E-state index in [1.165, 1.54) is 0 Å². The van der Waals surface area contributed by atoms with Gasteiger partial charge in [0.25, 0.3) is 0 Å². The van der Waals surface area contributed by atoms with Crippen molar-refractivity contribution < 1.29 is 9.52 Å². The second-order valence-electron chi connectivity index (χ2n) is 4.26. The summed E-state index contributed by atoms with van der Waals surface area (Å²) < 4.78 is 7.11. The highest BCUT2D eigenvalue weighted by atomic mass is 16.3. The maximum absolute atomic E-state index is 9.36. The van der Waals surface area contributed by atoms with E-state index >= 15 is 0 Å². The average molecular weight is 249 g/mol. The summed E-state index contributed by atoms with van der Waals surface area (Å²) in [7, 11) is 1.92. The van der Waals surface area contributed by atoms with Gasteiger partial charge in [-0.2, -0.15) is 5.10 Å². The molecule has 0 aliphatic heterocycles. The van der Waals surface area contributed by atoms with E-state index in [1.807, 2.05) is 30.1 Å². The molecule has 0 saturated heterocycles. The number of aryl methyl sites for hydroxylation is 2. The van der Waals surface area contributed by atoms with E-state index in [9.17, 15) is 5.11 Å². The Morgan fingerprint density at radius 1 is 1.56 bits per heavy atom. The third kappa shape index (κ3) is 2.80. The number of furan rings is 1. The third-order valence-electron chi connectivity index (χ3n) is 2.93. The summed E-state index contributed by atoms with van der Waals surface area (Å²) in [6.45, 7) is 2.76. The molecule has 1 atom stereocenters. The Kier molecular flexibility index (Phi) is 4.17. The largest absolute Gasteiger partial charge is 0.468 e. The molecule has 2 rings (SSSR count). The Morgan fingerprint density at radius 2 is 2.39 bits per heavy atom. The second-order valence-corrected chi connectivity index (χ2v) is 4.26. The summed E-state index contributed by atoms with van der Waals surface area (Å²) in [4.78, 5) is 0. The van der Waals surface area contributed by atoms with Gasteiger partial charge >= 0.3 is 0 Å². The van der Waals surface area contributed by atoms with E-state index in [4.69, 9.17) is 4.42 Å². The highest BCUT2D eigenvalue weighted by molar-refractivity contribution is 5.17. The summed E-state index contributed by atoms with van der Waals surface area (Å²) >= 11 is 0. The fraction of sp³-hybridized carbons (Fsp3) is 0.462. The maximum atomic E-state index is 9.36. The average Bonchev–Trinajstić information content (AvgIpc) is 2.99. The lowest BCUT2D eigenvalue weighted by molar-refractivity contribution is 0.225. The van der Waals surface area contributed by atoms with Crippen molar-refractivity contribution >= 4 is 0 Å². The normalized spacial score (nSPS) is 12.8. The van der Waals surface area contributed by atoms with E-state index in [0.29, 0.717) is 6.54 Å². The minimum atomic E-state index is -0.176. The van der Waals surface area contributed by atoms with Crippen molar-refractivity contribution in [3.05, 3.63) is 41.6 Å². The number of rotatable bonds is 6. The Labute approximate surface area is 106 Å². The standard InChI is InChI=1S/C13H19N3O2/c1-3-11-10(8-16(2)15-11)7-14-12(9-17)13-5-4-6-18-13/h4-6,8,12,14,17H,3,7,9H2,1-2H3. The van der Waals surface area contributed by atoms with Gasteiger partial charge in [-0.1, -0.05) is 6.92 Å². The van der Waals surface area contributed by atoms with Crippen LogP contribution in [0, 0.1) is 0 Å². The molecule has 0 aromatic carbocycles. The lowest BCUT2D eigenvalue weighted by Crippen LogP contribution is -2.23. The van der Waals surface area contributed by atoms with E-state index in [0.717, 1.165) is 23.4 Å². The Morgan fingerprint density at radius 3 is 3.00 bits per heavy atom. The molecule has 0 saturated carbocycles. The van der Waals surface area contributed by atoms with Gasteiger partial charge in [0, 0.05) is 25.4 Å². The van der Waals surface area contributed by atoms with Crippen molar-refractivity contribution in [3.8, 4) is 0 Å². The fourth-order valence-electron chi connectivity index (χ4n) is 2.01. The van der Waals surface area contributed by atoms with Crippen molar-refractivity contribution in [1.82, 2.24) is 15.1 Å². The molecule has 0 fully saturated rings. The molecular formula is C13H19N3O2. The number of nitrogens with one attached hydrogen (secondary N) is 1. The molecule has 5 nitrogen and oxygen atoms in total. The molecule has 2 N–H and O–H groups in total. The van der Waals surface area contributed by atoms with Gasteiger partial charge in [-0.25, -0.2) is 0 Å². The summed E-state index contributed by atoms with van der Waals surface area (Å²) in [5.41, 5.74) is 2.24. The van der Waals surface area contributed by atoms with E-state index in [-0.39, 0.29) is 12.6 Å². The summed E-state index contributed by atoms with van der Waals surface area (Å²) in [5.74, 6) is 0.749. The van der Waals surface area contributed by atoms with E-state index < -0.39 is 0 Å². The molecule has 0 aliphatic rings. The third-order valence-corrected chi connectivity index (χ3v) is 2.93. The monoisotopic (exact) mass is 249 g/mol. The van der Waals surface area contributed by atoms with E-state index in [1.54, 1.807) is 6.26 Å². The number of nitrogens with zero attached hydrogens (tertiary/aromatic N) is 2. The number of hydrogen-bond acceptors (Lipinski definition) is 4. The molecule has 2 aromatic rings. The Balaban J connectivity index is 2.01. The van der Waals surface area contributed by atoms with Crippen LogP contribution in [0.2, 0.25) is 0 Å². The van der Waals surface area contributed by atoms with Crippen LogP contribution in [0.1, 0.15) is 30.0 Å². The first-order valence-electron chi connectivity index (χ1n) is 6.13. The van der Waals surface area contributed by atoms with Crippen molar-refractivity contribution in [3.63, 3.8) is 0 Å². The highest BCUT2D eigenvalue weighted by Gasteiger charge is 2.14. The van der Waals surface area contributed by atoms with Crippen LogP contribution in [-0.2, 0) is 20.0 Å². The quantitative estimate of drug-likeness (QED) is 0.812. The Bertz CT molecular complexity index is 476. The van der Waals surface area contributed by atoms with Gasteiger partial charge in [0.05, 0.1) is 24.6 Å². The fourth-order valence-corrected chi connectivity index (χ4v) is 2.01. The lowest BCUT2D eigenvalue weighted by atomic mass is 10.2. The van der Waals surface area contributed by atoms with Gasteiger partial charge in [-0.3, -0.25) is 4.68 Å². The lowest BCUT2D eigenvalue weighted by Gasteiger charge is -2.13. The summed E-state index contributed by atoms with van der Waals surface area (Å²) in [6.07, 6.45) is 4.52. The zero-order valence-corrected chi connectivity index (χ0v) is 10.8. The topological polar surface area (TPSA) is 63.2 Å². The van der Waals surface area contributed by atoms with Gasteiger partial charge in [-0.05, 0) is 18.6 Å². The number of hydrogen-bond donors (Lipinski definition) is 2. The molecule has 0 aliphatic carbocycles. The van der Waals surface area contributed by atoms with Gasteiger partial charge in [0.15, 0.2) is 0 Å². The first kappa shape index (κ1) is 12.9. The predicted octanol–water partition coefficient (Wildman–Crippen LogP) is 1.40. The molecule has 2 heterocycles. The Hall–Kier alpha value is -1.59. The van der Waals surface area contributed by atoms with Crippen LogP contribution in [0.3, 0.4) is 0 Å². The zero-order valence-electron chi connectivity index (χ0n) is 10.8. The summed E-state index contributed by atoms with van der Waals surface area (Å²) in [6, 6.07) is 3.50. The van der Waals surface area contributed by atoms with Crippen molar-refractivity contribution in [2.75, 3.05) is 6.61 Å². The molecule has 1 unspecified atom stereocenters. The van der Waals surface area contributed by atoms with Crippen LogP contribution in [-0.4, -0.2) is 21.5 Å². The number of aliphatic hydroxyl groups is 1. The summed E-state index contributed by atoms with van der Waals surface area (Å²) in [5, 5.41) is 17.0. The molecule has 2 aromatic heterocycles. The van der Waals surface area contributed by atoms with Gasteiger partial charge in [-0.15, -0.1) is 0 Å². The SMILES string of the molecule is CCc1nn(C)cc1CNC(CO)c1ccco1. The number of aromatic nitrogens is 2. The van der Waals surface area contributed by atoms with Gasteiger partial charge in [0.1, 0.15) is 5.76 Å². The van der Waals surface area contributed by atoms with Crippen LogP contribution >= 0.6 is 0 Å². The molecule has 0 bridgehead atoms. The molecule has 0 radical (unpaired) electrons. The molecule has 0 amide bonds. The van der Waals surface area contributed by atoms with Crippen molar-refractivity contribution in [2.45, 2.75) is 25.9 Å². The first-order chi connectivity index (χ1) is 8.74. The molecule has 5 heteroatoms. The smallest absolute Gasteiger partial charge is 0.123 e. The predicted molar refractivity (Wildman–Crippen MR) is 68.0 cm³/mol. The number of aliphatic hydroxyl groups excluding tert-OH is 1. The molecular weight excluding hydrogens is 230 g/mol. The molecule has 18 heavy (non-hydrogen) atoms. The zero-order chi connectivity index (χ0) is 13.0. The molecule has 98 valence electrons. The molecule has 0 spiro atoms. The van der Waals surface area contributed by atoms with Crippen LogP contribution in [0.25, 0.3) is 0 Å². The minimum Gasteiger partial charge on any atom is -0.468 e. The van der Waals surface area contributed by atoms with Crippen LogP contribution < -0.4 is 5.32 Å². The minimum absolute atomic E-state index is 0.00916. The van der Waals surface area contributed by atoms with Crippen molar-refractivity contribution in [1.29, 1.82) is 0 Å². The van der Waals surface area contributed by atoms with Crippen LogP contribution in [0.15, 0.2) is 29.0 Å². The maximum Gasteiger partial charge on any atom is 0.123 e. The highest BCUT2D eigenvalue weighted by Crippen LogP contribution is 2.14. The van der Waals surface area contributed by atoms with E-state index in [2.05, 4.69) is 17.3 Å².